The summed E-state index contributed by atoms with van der Waals surface area (Å²) in [6, 6.07) is 0. The number of aliphatic hydroxyl groups excluding tert-OH is 1. The maximum atomic E-state index is 11.3. The molecule has 3 nitrogen and oxygen atoms in total. The van der Waals surface area contributed by atoms with Crippen LogP contribution in [-0.4, -0.2) is 30.7 Å². The van der Waals surface area contributed by atoms with E-state index in [0.29, 0.717) is 0 Å². The van der Waals surface area contributed by atoms with Gasteiger partial charge in [0.15, 0.2) is 5.78 Å². The second-order valence-electron chi connectivity index (χ2n) is 3.52. The number of rotatable bonds is 3. The smallest absolute Gasteiger partial charge is 0.169 e. The van der Waals surface area contributed by atoms with Gasteiger partial charge in [-0.25, -0.2) is 0 Å². The van der Waals surface area contributed by atoms with Crippen LogP contribution in [0.2, 0.25) is 0 Å². The first-order valence-electron chi connectivity index (χ1n) is 3.61. The molecule has 0 aromatic carbocycles. The molecule has 0 aromatic heterocycles. The van der Waals surface area contributed by atoms with Gasteiger partial charge in [-0.05, 0) is 0 Å². The third-order valence-corrected chi connectivity index (χ3v) is 1.48. The molecule has 0 fully saturated rings. The van der Waals surface area contributed by atoms with E-state index < -0.39 is 11.5 Å². The SMILES string of the molecule is COC(CO)C(=O)C(C)(C)C. The highest BCUT2D eigenvalue weighted by atomic mass is 16.5. The molecule has 0 aliphatic heterocycles. The molecule has 0 amide bonds. The van der Waals surface area contributed by atoms with Crippen molar-refractivity contribution in [2.75, 3.05) is 13.7 Å². The predicted octanol–water partition coefficient (Wildman–Crippen LogP) is 0.609. The third kappa shape index (κ3) is 2.99. The van der Waals surface area contributed by atoms with E-state index in [9.17, 15) is 4.79 Å². The van der Waals surface area contributed by atoms with Crippen molar-refractivity contribution in [3.8, 4) is 0 Å². The van der Waals surface area contributed by atoms with E-state index >= 15 is 0 Å². The van der Waals surface area contributed by atoms with E-state index in [0.717, 1.165) is 0 Å². The largest absolute Gasteiger partial charge is 0.393 e. The van der Waals surface area contributed by atoms with Gasteiger partial charge >= 0.3 is 0 Å². The molecule has 1 atom stereocenters. The van der Waals surface area contributed by atoms with Crippen LogP contribution in [0.15, 0.2) is 0 Å². The number of hydrogen-bond acceptors (Lipinski definition) is 3. The van der Waals surface area contributed by atoms with E-state index in [4.69, 9.17) is 9.84 Å². The molecule has 0 saturated heterocycles. The van der Waals surface area contributed by atoms with E-state index in [-0.39, 0.29) is 12.4 Å². The first kappa shape index (κ1) is 10.6. The van der Waals surface area contributed by atoms with Gasteiger partial charge < -0.3 is 9.84 Å². The standard InChI is InChI=1S/C8H16O3/c1-8(2,3)7(10)6(5-9)11-4/h6,9H,5H2,1-4H3. The average Bonchev–Trinajstić information content (AvgIpc) is 1.88. The van der Waals surface area contributed by atoms with Crippen molar-refractivity contribution in [1.29, 1.82) is 0 Å². The van der Waals surface area contributed by atoms with Crippen LogP contribution in [-0.2, 0) is 9.53 Å². The van der Waals surface area contributed by atoms with Gasteiger partial charge in [0.2, 0.25) is 0 Å². The highest BCUT2D eigenvalue weighted by Gasteiger charge is 2.28. The van der Waals surface area contributed by atoms with E-state index in [1.54, 1.807) is 20.8 Å². The fraction of sp³-hybridized carbons (Fsp3) is 0.875. The van der Waals surface area contributed by atoms with Gasteiger partial charge in [-0.1, -0.05) is 20.8 Å². The molecule has 1 unspecified atom stereocenters. The lowest BCUT2D eigenvalue weighted by Gasteiger charge is -2.21. The van der Waals surface area contributed by atoms with Crippen LogP contribution in [0.1, 0.15) is 20.8 Å². The second kappa shape index (κ2) is 3.83. The number of hydrogen-bond donors (Lipinski definition) is 1. The zero-order valence-corrected chi connectivity index (χ0v) is 7.55. The van der Waals surface area contributed by atoms with E-state index in [2.05, 4.69) is 0 Å². The molecule has 1 N–H and O–H groups in total. The summed E-state index contributed by atoms with van der Waals surface area (Å²) < 4.78 is 4.79. The summed E-state index contributed by atoms with van der Waals surface area (Å²) in [5.41, 5.74) is -0.441. The minimum Gasteiger partial charge on any atom is -0.393 e. The van der Waals surface area contributed by atoms with Crippen LogP contribution >= 0.6 is 0 Å². The van der Waals surface area contributed by atoms with Gasteiger partial charge in [-0.15, -0.1) is 0 Å². The van der Waals surface area contributed by atoms with Crippen molar-refractivity contribution in [3.05, 3.63) is 0 Å². The van der Waals surface area contributed by atoms with Crippen LogP contribution in [0.5, 0.6) is 0 Å². The molecule has 0 radical (unpaired) electrons. The molecular weight excluding hydrogens is 144 g/mol. The number of carbonyl (C=O) groups excluding carboxylic acids is 1. The number of carbonyl (C=O) groups is 1. The highest BCUT2D eigenvalue weighted by molar-refractivity contribution is 5.87. The Hall–Kier alpha value is -0.410. The van der Waals surface area contributed by atoms with Crippen LogP contribution in [0.25, 0.3) is 0 Å². The zero-order valence-electron chi connectivity index (χ0n) is 7.55. The Bertz CT molecular complexity index is 131. The normalized spacial score (nSPS) is 14.6. The molecule has 0 heterocycles. The molecule has 3 heteroatoms. The Balaban J connectivity index is 4.22. The van der Waals surface area contributed by atoms with Crippen LogP contribution in [0, 0.1) is 5.41 Å². The van der Waals surface area contributed by atoms with E-state index in [1.165, 1.54) is 7.11 Å². The Labute approximate surface area is 67.4 Å². The number of Topliss-reactive ketones (excluding diaryl/α,β-unsaturated/α-hetero) is 1. The van der Waals surface area contributed by atoms with Crippen molar-refractivity contribution in [3.63, 3.8) is 0 Å². The lowest BCUT2D eigenvalue weighted by atomic mass is 9.88. The van der Waals surface area contributed by atoms with Crippen LogP contribution < -0.4 is 0 Å². The number of aliphatic hydroxyl groups is 1. The minimum absolute atomic E-state index is 0.0671. The topological polar surface area (TPSA) is 46.5 Å². The molecule has 0 aliphatic rings. The monoisotopic (exact) mass is 160 g/mol. The molecule has 0 spiro atoms. The molecule has 11 heavy (non-hydrogen) atoms. The van der Waals surface area contributed by atoms with Crippen molar-refractivity contribution in [2.24, 2.45) is 5.41 Å². The molecule has 0 aliphatic carbocycles. The van der Waals surface area contributed by atoms with E-state index in [1.807, 2.05) is 0 Å². The Morgan fingerprint density at radius 1 is 1.55 bits per heavy atom. The Morgan fingerprint density at radius 3 is 2.09 bits per heavy atom. The van der Waals surface area contributed by atoms with Gasteiger partial charge in [0, 0.05) is 12.5 Å². The maximum Gasteiger partial charge on any atom is 0.169 e. The van der Waals surface area contributed by atoms with Gasteiger partial charge in [0.25, 0.3) is 0 Å². The van der Waals surface area contributed by atoms with Crippen molar-refractivity contribution >= 4 is 5.78 Å². The second-order valence-corrected chi connectivity index (χ2v) is 3.52. The van der Waals surface area contributed by atoms with Crippen molar-refractivity contribution in [2.45, 2.75) is 26.9 Å². The molecule has 0 aromatic rings. The molecular formula is C8H16O3. The summed E-state index contributed by atoms with van der Waals surface area (Å²) in [4.78, 5) is 11.3. The molecule has 0 bridgehead atoms. The number of ether oxygens (including phenoxy) is 1. The minimum atomic E-state index is -0.671. The van der Waals surface area contributed by atoms with Gasteiger partial charge in [-0.2, -0.15) is 0 Å². The number of ketones is 1. The maximum absolute atomic E-state index is 11.3. The van der Waals surface area contributed by atoms with Gasteiger partial charge in [0.1, 0.15) is 6.10 Å². The quantitative estimate of drug-likeness (QED) is 0.658. The molecule has 0 rings (SSSR count). The lowest BCUT2D eigenvalue weighted by Crippen LogP contribution is -2.36. The highest BCUT2D eigenvalue weighted by Crippen LogP contribution is 2.17. The molecule has 0 saturated carbocycles. The summed E-state index contributed by atoms with van der Waals surface area (Å²) in [5.74, 6) is -0.0671. The Morgan fingerprint density at radius 2 is 2.00 bits per heavy atom. The zero-order chi connectivity index (χ0) is 9.07. The van der Waals surface area contributed by atoms with Gasteiger partial charge in [0.05, 0.1) is 6.61 Å². The third-order valence-electron chi connectivity index (χ3n) is 1.48. The fourth-order valence-corrected chi connectivity index (χ4v) is 0.747. The Kier molecular flexibility index (Phi) is 3.69. The van der Waals surface area contributed by atoms with Crippen molar-refractivity contribution < 1.29 is 14.6 Å². The fourth-order valence-electron chi connectivity index (χ4n) is 0.747. The summed E-state index contributed by atoms with van der Waals surface area (Å²) in [7, 11) is 1.42. The number of methoxy groups -OCH3 is 1. The van der Waals surface area contributed by atoms with Crippen LogP contribution in [0.4, 0.5) is 0 Å². The summed E-state index contributed by atoms with van der Waals surface area (Å²) in [5, 5.41) is 8.71. The van der Waals surface area contributed by atoms with Gasteiger partial charge in [-0.3, -0.25) is 4.79 Å². The first-order chi connectivity index (χ1) is 4.93. The lowest BCUT2D eigenvalue weighted by molar-refractivity contribution is -0.138. The van der Waals surface area contributed by atoms with Crippen LogP contribution in [0.3, 0.4) is 0 Å². The average molecular weight is 160 g/mol. The summed E-state index contributed by atoms with van der Waals surface area (Å²) in [6.45, 7) is 5.16. The first-order valence-corrected chi connectivity index (χ1v) is 3.61. The summed E-state index contributed by atoms with van der Waals surface area (Å²) >= 11 is 0. The predicted molar refractivity (Wildman–Crippen MR) is 42.3 cm³/mol. The van der Waals surface area contributed by atoms with Crippen molar-refractivity contribution in [1.82, 2.24) is 0 Å². The molecule has 66 valence electrons. The summed E-state index contributed by atoms with van der Waals surface area (Å²) in [6.07, 6.45) is -0.671.